The largest absolute Gasteiger partial charge is 0.495 e. The van der Waals surface area contributed by atoms with Gasteiger partial charge in [0.15, 0.2) is 0 Å². The first-order chi connectivity index (χ1) is 12.1. The van der Waals surface area contributed by atoms with Gasteiger partial charge in [0.2, 0.25) is 5.91 Å². The monoisotopic (exact) mass is 358 g/mol. The Morgan fingerprint density at radius 3 is 2.60 bits per heavy atom. The van der Waals surface area contributed by atoms with Crippen LogP contribution in [0, 0.1) is 0 Å². The molecule has 2 amide bonds. The van der Waals surface area contributed by atoms with Gasteiger partial charge in [-0.05, 0) is 55.3 Å². The van der Waals surface area contributed by atoms with Crippen molar-refractivity contribution in [3.05, 3.63) is 53.1 Å². The number of hydrogen-bond acceptors (Lipinski definition) is 3. The van der Waals surface area contributed by atoms with Gasteiger partial charge in [0.05, 0.1) is 12.8 Å². The van der Waals surface area contributed by atoms with Crippen LogP contribution < -0.4 is 15.0 Å². The molecule has 0 atom stereocenters. The van der Waals surface area contributed by atoms with Crippen molar-refractivity contribution in [1.29, 1.82) is 0 Å². The molecule has 25 heavy (non-hydrogen) atoms. The first-order valence-corrected chi connectivity index (χ1v) is 8.51. The summed E-state index contributed by atoms with van der Waals surface area (Å²) in [6, 6.07) is 12.0. The van der Waals surface area contributed by atoms with Crippen LogP contribution in [0.3, 0.4) is 0 Å². The van der Waals surface area contributed by atoms with E-state index in [0.29, 0.717) is 40.7 Å². The lowest BCUT2D eigenvalue weighted by Gasteiger charge is -2.28. The molecule has 0 aliphatic carbocycles. The minimum atomic E-state index is -0.238. The molecule has 5 nitrogen and oxygen atoms in total. The molecule has 0 saturated carbocycles. The van der Waals surface area contributed by atoms with Gasteiger partial charge in [0, 0.05) is 29.2 Å². The number of nitrogens with one attached hydrogen (secondary N) is 1. The van der Waals surface area contributed by atoms with Crippen molar-refractivity contribution < 1.29 is 14.3 Å². The average molecular weight is 359 g/mol. The number of anilines is 2. The Bertz CT molecular complexity index is 790. The van der Waals surface area contributed by atoms with Gasteiger partial charge >= 0.3 is 0 Å². The van der Waals surface area contributed by atoms with Crippen LogP contribution in [0.5, 0.6) is 5.75 Å². The first-order valence-electron chi connectivity index (χ1n) is 8.14. The van der Waals surface area contributed by atoms with E-state index >= 15 is 0 Å². The van der Waals surface area contributed by atoms with E-state index in [1.54, 1.807) is 54.5 Å². The molecule has 1 heterocycles. The normalized spacial score (nSPS) is 14.3. The minimum absolute atomic E-state index is 0.0747. The van der Waals surface area contributed by atoms with Crippen LogP contribution in [-0.2, 0) is 4.79 Å². The van der Waals surface area contributed by atoms with Crippen molar-refractivity contribution in [3.63, 3.8) is 0 Å². The standard InChI is InChI=1S/C19H19ClN2O3/c1-25-17-10-9-15(12-16(17)22-11-3-2-4-18(22)23)21-19(24)13-5-7-14(20)8-6-13/h5-10,12H,2-4,11H2,1H3,(H,21,24). The lowest BCUT2D eigenvalue weighted by Crippen LogP contribution is -2.35. The van der Waals surface area contributed by atoms with E-state index in [1.165, 1.54) is 0 Å². The summed E-state index contributed by atoms with van der Waals surface area (Å²) in [5.41, 5.74) is 1.80. The molecule has 130 valence electrons. The Morgan fingerprint density at radius 1 is 1.16 bits per heavy atom. The quantitative estimate of drug-likeness (QED) is 0.894. The minimum Gasteiger partial charge on any atom is -0.495 e. The van der Waals surface area contributed by atoms with E-state index in [1.807, 2.05) is 0 Å². The van der Waals surface area contributed by atoms with Gasteiger partial charge in [0.1, 0.15) is 5.75 Å². The van der Waals surface area contributed by atoms with E-state index < -0.39 is 0 Å². The lowest BCUT2D eigenvalue weighted by molar-refractivity contribution is -0.119. The SMILES string of the molecule is COc1ccc(NC(=O)c2ccc(Cl)cc2)cc1N1CCCCC1=O. The van der Waals surface area contributed by atoms with E-state index in [-0.39, 0.29) is 11.8 Å². The van der Waals surface area contributed by atoms with Crippen LogP contribution in [0.2, 0.25) is 5.02 Å². The molecule has 0 unspecified atom stereocenters. The number of ether oxygens (including phenoxy) is 1. The number of nitrogens with zero attached hydrogens (tertiary/aromatic N) is 1. The van der Waals surface area contributed by atoms with Crippen LogP contribution in [0.1, 0.15) is 29.6 Å². The van der Waals surface area contributed by atoms with E-state index in [4.69, 9.17) is 16.3 Å². The van der Waals surface area contributed by atoms with Crippen LogP contribution in [0.4, 0.5) is 11.4 Å². The number of carbonyl (C=O) groups excluding carboxylic acids is 2. The third kappa shape index (κ3) is 3.94. The van der Waals surface area contributed by atoms with Gasteiger partial charge in [-0.1, -0.05) is 11.6 Å². The summed E-state index contributed by atoms with van der Waals surface area (Å²) in [7, 11) is 1.57. The van der Waals surface area contributed by atoms with Crippen molar-refractivity contribution >= 4 is 34.8 Å². The highest BCUT2D eigenvalue weighted by Crippen LogP contribution is 2.33. The number of carbonyl (C=O) groups is 2. The molecule has 0 radical (unpaired) electrons. The smallest absolute Gasteiger partial charge is 0.255 e. The molecule has 0 bridgehead atoms. The molecule has 1 saturated heterocycles. The number of benzene rings is 2. The van der Waals surface area contributed by atoms with Crippen molar-refractivity contribution in [3.8, 4) is 5.75 Å². The summed E-state index contributed by atoms with van der Waals surface area (Å²) in [4.78, 5) is 26.3. The maximum absolute atomic E-state index is 12.4. The first kappa shape index (κ1) is 17.3. The zero-order chi connectivity index (χ0) is 17.8. The van der Waals surface area contributed by atoms with Gasteiger partial charge in [-0.15, -0.1) is 0 Å². The van der Waals surface area contributed by atoms with Gasteiger partial charge in [0.25, 0.3) is 5.91 Å². The zero-order valence-corrected chi connectivity index (χ0v) is 14.7. The molecule has 3 rings (SSSR count). The molecule has 1 N–H and O–H groups in total. The van der Waals surface area contributed by atoms with Crippen LogP contribution in [0.25, 0.3) is 0 Å². The number of piperidine rings is 1. The van der Waals surface area contributed by atoms with E-state index in [0.717, 1.165) is 12.8 Å². The second-order valence-electron chi connectivity index (χ2n) is 5.85. The third-order valence-corrected chi connectivity index (χ3v) is 4.41. The molecule has 1 aliphatic heterocycles. The molecule has 2 aromatic carbocycles. The summed E-state index contributed by atoms with van der Waals surface area (Å²) in [5, 5.41) is 3.42. The molecular formula is C19H19ClN2O3. The van der Waals surface area contributed by atoms with Crippen molar-refractivity contribution in [2.24, 2.45) is 0 Å². The molecule has 1 fully saturated rings. The molecule has 2 aromatic rings. The highest BCUT2D eigenvalue weighted by Gasteiger charge is 2.23. The highest BCUT2D eigenvalue weighted by molar-refractivity contribution is 6.30. The highest BCUT2D eigenvalue weighted by atomic mass is 35.5. The average Bonchev–Trinajstić information content (AvgIpc) is 2.62. The van der Waals surface area contributed by atoms with Crippen molar-refractivity contribution in [2.75, 3.05) is 23.9 Å². The Kier molecular flexibility index (Phi) is 5.24. The number of hydrogen-bond donors (Lipinski definition) is 1. The summed E-state index contributed by atoms with van der Waals surface area (Å²) < 4.78 is 5.38. The summed E-state index contributed by atoms with van der Waals surface area (Å²) in [6.07, 6.45) is 2.39. The summed E-state index contributed by atoms with van der Waals surface area (Å²) >= 11 is 5.85. The second kappa shape index (κ2) is 7.57. The Labute approximate surface area is 151 Å². The van der Waals surface area contributed by atoms with Gasteiger partial charge in [-0.2, -0.15) is 0 Å². The third-order valence-electron chi connectivity index (χ3n) is 4.16. The van der Waals surface area contributed by atoms with Crippen LogP contribution >= 0.6 is 11.6 Å². The predicted molar refractivity (Wildman–Crippen MR) is 98.6 cm³/mol. The van der Waals surface area contributed by atoms with E-state index in [2.05, 4.69) is 5.32 Å². The van der Waals surface area contributed by atoms with Crippen molar-refractivity contribution in [2.45, 2.75) is 19.3 Å². The van der Waals surface area contributed by atoms with Crippen LogP contribution in [-0.4, -0.2) is 25.5 Å². The van der Waals surface area contributed by atoms with Gasteiger partial charge in [-0.3, -0.25) is 9.59 Å². The van der Waals surface area contributed by atoms with Crippen molar-refractivity contribution in [1.82, 2.24) is 0 Å². The molecule has 0 spiro atoms. The van der Waals surface area contributed by atoms with Gasteiger partial charge in [-0.25, -0.2) is 0 Å². The molecule has 1 aliphatic rings. The Balaban J connectivity index is 1.84. The molecule has 6 heteroatoms. The maximum Gasteiger partial charge on any atom is 0.255 e. The summed E-state index contributed by atoms with van der Waals surface area (Å²) in [6.45, 7) is 0.657. The lowest BCUT2D eigenvalue weighted by atomic mass is 10.1. The number of rotatable bonds is 4. The molecule has 0 aromatic heterocycles. The predicted octanol–water partition coefficient (Wildman–Crippen LogP) is 4.12. The fraction of sp³-hybridized carbons (Fsp3) is 0.263. The number of methoxy groups -OCH3 is 1. The van der Waals surface area contributed by atoms with Crippen LogP contribution in [0.15, 0.2) is 42.5 Å². The summed E-state index contributed by atoms with van der Waals surface area (Å²) in [5.74, 6) is 0.447. The van der Waals surface area contributed by atoms with Gasteiger partial charge < -0.3 is 15.0 Å². The second-order valence-corrected chi connectivity index (χ2v) is 6.29. The Morgan fingerprint density at radius 2 is 1.92 bits per heavy atom. The topological polar surface area (TPSA) is 58.6 Å². The molecular weight excluding hydrogens is 340 g/mol. The fourth-order valence-electron chi connectivity index (χ4n) is 2.84. The fourth-order valence-corrected chi connectivity index (χ4v) is 2.97. The zero-order valence-electron chi connectivity index (χ0n) is 13.9. The maximum atomic E-state index is 12.4. The van der Waals surface area contributed by atoms with E-state index in [9.17, 15) is 9.59 Å². The number of amides is 2. The number of halogens is 1. The Hall–Kier alpha value is -2.53.